The second-order valence-corrected chi connectivity index (χ2v) is 5.19. The minimum atomic E-state index is -0.539. The lowest BCUT2D eigenvalue weighted by molar-refractivity contribution is -0.384. The van der Waals surface area contributed by atoms with Crippen molar-refractivity contribution < 1.29 is 14.5 Å². The number of benzene rings is 2. The van der Waals surface area contributed by atoms with E-state index >= 15 is 0 Å². The molecule has 7 nitrogen and oxygen atoms in total. The third kappa shape index (κ3) is 5.15. The Balaban J connectivity index is 2.02. The van der Waals surface area contributed by atoms with Crippen LogP contribution in [0.2, 0.25) is 5.02 Å². The summed E-state index contributed by atoms with van der Waals surface area (Å²) in [5.74, 6) is 0.177. The number of non-ortho nitro benzene ring substituents is 1. The number of amides is 1. The van der Waals surface area contributed by atoms with Crippen molar-refractivity contribution in [2.45, 2.75) is 0 Å². The number of rotatable bonds is 7. The second kappa shape index (κ2) is 8.60. The van der Waals surface area contributed by atoms with Gasteiger partial charge in [0.1, 0.15) is 12.4 Å². The van der Waals surface area contributed by atoms with Gasteiger partial charge in [-0.2, -0.15) is 5.10 Å². The van der Waals surface area contributed by atoms with E-state index < -0.39 is 10.8 Å². The molecule has 2 aromatic carbocycles. The third-order valence-corrected chi connectivity index (χ3v) is 3.39. The first-order chi connectivity index (χ1) is 12.0. The number of hydrogen-bond acceptors (Lipinski definition) is 5. The second-order valence-electron chi connectivity index (χ2n) is 4.79. The van der Waals surface area contributed by atoms with E-state index in [1.807, 2.05) is 0 Å². The van der Waals surface area contributed by atoms with Gasteiger partial charge >= 0.3 is 0 Å². The summed E-state index contributed by atoms with van der Waals surface area (Å²) < 4.78 is 5.32. The summed E-state index contributed by atoms with van der Waals surface area (Å²) in [6.07, 6.45) is 2.86. The van der Waals surface area contributed by atoms with E-state index in [0.717, 1.165) is 0 Å². The van der Waals surface area contributed by atoms with Gasteiger partial charge in [-0.3, -0.25) is 14.9 Å². The lowest BCUT2D eigenvalue weighted by atomic mass is 10.2. The van der Waals surface area contributed by atoms with Crippen molar-refractivity contribution in [3.05, 3.63) is 81.4 Å². The number of nitrogens with one attached hydrogen (secondary N) is 1. The molecular formula is C17H14ClN3O4. The summed E-state index contributed by atoms with van der Waals surface area (Å²) in [4.78, 5) is 22.2. The summed E-state index contributed by atoms with van der Waals surface area (Å²) in [5.41, 5.74) is 2.92. The van der Waals surface area contributed by atoms with Gasteiger partial charge in [-0.15, -0.1) is 0 Å². The number of carbonyl (C=O) groups is 1. The third-order valence-electron chi connectivity index (χ3n) is 3.04. The van der Waals surface area contributed by atoms with Crippen LogP contribution in [0.4, 0.5) is 5.69 Å². The molecule has 0 aliphatic heterocycles. The molecule has 25 heavy (non-hydrogen) atoms. The highest BCUT2D eigenvalue weighted by Crippen LogP contribution is 2.20. The Labute approximate surface area is 148 Å². The summed E-state index contributed by atoms with van der Waals surface area (Å²) in [5, 5.41) is 14.8. The Bertz CT molecular complexity index is 819. The number of nitro benzene ring substituents is 1. The SMILES string of the molecule is C=CCOc1ccc(C(=O)N/N=C/c2cc([N+](=O)[O-])ccc2Cl)cc1. The molecule has 0 saturated heterocycles. The Morgan fingerprint density at radius 1 is 1.32 bits per heavy atom. The van der Waals surface area contributed by atoms with Crippen LogP contribution in [0.15, 0.2) is 60.2 Å². The molecule has 2 rings (SSSR count). The van der Waals surface area contributed by atoms with E-state index in [0.29, 0.717) is 23.5 Å². The molecule has 0 fully saturated rings. The highest BCUT2D eigenvalue weighted by Gasteiger charge is 2.09. The van der Waals surface area contributed by atoms with Gasteiger partial charge in [0.2, 0.25) is 0 Å². The van der Waals surface area contributed by atoms with Crippen molar-refractivity contribution in [1.82, 2.24) is 5.43 Å². The molecule has 0 heterocycles. The lowest BCUT2D eigenvalue weighted by Crippen LogP contribution is -2.17. The zero-order valence-electron chi connectivity index (χ0n) is 13.0. The van der Waals surface area contributed by atoms with Crippen molar-refractivity contribution in [2.24, 2.45) is 5.10 Å². The lowest BCUT2D eigenvalue weighted by Gasteiger charge is -2.04. The van der Waals surface area contributed by atoms with Crippen molar-refractivity contribution >= 4 is 29.4 Å². The molecule has 1 N–H and O–H groups in total. The Morgan fingerprint density at radius 2 is 2.04 bits per heavy atom. The van der Waals surface area contributed by atoms with Crippen LogP contribution < -0.4 is 10.2 Å². The van der Waals surface area contributed by atoms with Gasteiger partial charge in [0.15, 0.2) is 0 Å². The van der Waals surface area contributed by atoms with Crippen molar-refractivity contribution in [3.8, 4) is 5.75 Å². The maximum absolute atomic E-state index is 12.0. The number of hydrogen-bond donors (Lipinski definition) is 1. The Morgan fingerprint density at radius 3 is 2.68 bits per heavy atom. The molecule has 0 spiro atoms. The van der Waals surface area contributed by atoms with Crippen LogP contribution in [0.3, 0.4) is 0 Å². The topological polar surface area (TPSA) is 93.8 Å². The minimum absolute atomic E-state index is 0.118. The predicted molar refractivity (Wildman–Crippen MR) is 95.3 cm³/mol. The van der Waals surface area contributed by atoms with Crippen LogP contribution in [-0.4, -0.2) is 23.7 Å². The molecule has 8 heteroatoms. The van der Waals surface area contributed by atoms with Crippen molar-refractivity contribution in [1.29, 1.82) is 0 Å². The first-order valence-electron chi connectivity index (χ1n) is 7.12. The molecule has 128 valence electrons. The molecule has 0 aromatic heterocycles. The van der Waals surface area contributed by atoms with Crippen LogP contribution in [0.5, 0.6) is 5.75 Å². The number of hydrazone groups is 1. The average Bonchev–Trinajstić information content (AvgIpc) is 2.61. The molecule has 0 aliphatic carbocycles. The van der Waals surface area contributed by atoms with E-state index in [1.165, 1.54) is 24.4 Å². The van der Waals surface area contributed by atoms with Gasteiger partial charge in [-0.05, 0) is 30.3 Å². The molecule has 0 aliphatic rings. The molecule has 1 amide bonds. The summed E-state index contributed by atoms with van der Waals surface area (Å²) in [7, 11) is 0. The van der Waals surface area contributed by atoms with Crippen LogP contribution in [0.1, 0.15) is 15.9 Å². The molecule has 0 radical (unpaired) electrons. The van der Waals surface area contributed by atoms with Crippen LogP contribution >= 0.6 is 11.6 Å². The standard InChI is InChI=1S/C17H14ClN3O4/c1-2-9-25-15-6-3-12(4-7-15)17(22)20-19-11-13-10-14(21(23)24)5-8-16(13)18/h2-8,10-11H,1,9H2,(H,20,22)/b19-11+. The summed E-state index contributed by atoms with van der Waals surface area (Å²) in [6.45, 7) is 3.92. The number of nitro groups is 1. The van der Waals surface area contributed by atoms with E-state index in [2.05, 4.69) is 17.1 Å². The summed E-state index contributed by atoms with van der Waals surface area (Å²) >= 11 is 5.94. The fourth-order valence-electron chi connectivity index (χ4n) is 1.83. The Kier molecular flexibility index (Phi) is 6.25. The van der Waals surface area contributed by atoms with E-state index in [1.54, 1.807) is 30.3 Å². The highest BCUT2D eigenvalue weighted by molar-refractivity contribution is 6.33. The molecule has 0 unspecified atom stereocenters. The normalized spacial score (nSPS) is 10.4. The average molecular weight is 360 g/mol. The molecule has 0 atom stereocenters. The Hall–Kier alpha value is -3.19. The minimum Gasteiger partial charge on any atom is -0.490 e. The first kappa shape index (κ1) is 18.2. The smallest absolute Gasteiger partial charge is 0.271 e. The number of carbonyl (C=O) groups excluding carboxylic acids is 1. The van der Waals surface area contributed by atoms with Crippen LogP contribution in [0.25, 0.3) is 0 Å². The van der Waals surface area contributed by atoms with Crippen molar-refractivity contribution in [2.75, 3.05) is 6.61 Å². The van der Waals surface area contributed by atoms with Crippen LogP contribution in [0, 0.1) is 10.1 Å². The monoisotopic (exact) mass is 359 g/mol. The zero-order chi connectivity index (χ0) is 18.2. The predicted octanol–water partition coefficient (Wildman–Crippen LogP) is 3.58. The number of nitrogens with zero attached hydrogens (tertiary/aromatic N) is 2. The quantitative estimate of drug-likeness (QED) is 0.354. The fourth-order valence-corrected chi connectivity index (χ4v) is 1.99. The molecule has 0 saturated carbocycles. The molecule has 2 aromatic rings. The van der Waals surface area contributed by atoms with Gasteiger partial charge in [0.25, 0.3) is 11.6 Å². The number of halogens is 1. The maximum atomic E-state index is 12.0. The van der Waals surface area contributed by atoms with E-state index in [9.17, 15) is 14.9 Å². The van der Waals surface area contributed by atoms with Gasteiger partial charge in [-0.1, -0.05) is 24.3 Å². The van der Waals surface area contributed by atoms with E-state index in [-0.39, 0.29) is 10.7 Å². The zero-order valence-corrected chi connectivity index (χ0v) is 13.8. The fraction of sp³-hybridized carbons (Fsp3) is 0.0588. The van der Waals surface area contributed by atoms with Gasteiger partial charge in [-0.25, -0.2) is 5.43 Å². The van der Waals surface area contributed by atoms with Gasteiger partial charge < -0.3 is 4.74 Å². The summed E-state index contributed by atoms with van der Waals surface area (Å²) in [6, 6.07) is 10.4. The van der Waals surface area contributed by atoms with Gasteiger partial charge in [0, 0.05) is 28.3 Å². The molecular weight excluding hydrogens is 346 g/mol. The van der Waals surface area contributed by atoms with Gasteiger partial charge in [0.05, 0.1) is 11.1 Å². The highest BCUT2D eigenvalue weighted by atomic mass is 35.5. The first-order valence-corrected chi connectivity index (χ1v) is 7.50. The number of ether oxygens (including phenoxy) is 1. The van der Waals surface area contributed by atoms with Crippen molar-refractivity contribution in [3.63, 3.8) is 0 Å². The maximum Gasteiger partial charge on any atom is 0.271 e. The largest absolute Gasteiger partial charge is 0.490 e. The van der Waals surface area contributed by atoms with Crippen LogP contribution in [-0.2, 0) is 0 Å². The van der Waals surface area contributed by atoms with E-state index in [4.69, 9.17) is 16.3 Å². The molecule has 0 bridgehead atoms.